The Bertz CT molecular complexity index is 1060. The van der Waals surface area contributed by atoms with Gasteiger partial charge in [-0.3, -0.25) is 9.69 Å². The minimum absolute atomic E-state index is 0.0606. The maximum Gasteiger partial charge on any atom is 0.338 e. The van der Waals surface area contributed by atoms with Gasteiger partial charge in [-0.25, -0.2) is 13.6 Å². The van der Waals surface area contributed by atoms with E-state index in [4.69, 9.17) is 4.74 Å². The number of hydrogen-bond acceptors (Lipinski definition) is 5. The molecular formula is C24H26F2N2O4. The molecule has 1 N–H and O–H groups in total. The van der Waals surface area contributed by atoms with Crippen LogP contribution in [-0.2, 0) is 22.6 Å². The highest BCUT2D eigenvalue weighted by Gasteiger charge is 2.28. The molecule has 4 rings (SSSR count). The second-order valence-corrected chi connectivity index (χ2v) is 8.45. The van der Waals surface area contributed by atoms with Crippen molar-refractivity contribution in [3.63, 3.8) is 0 Å². The van der Waals surface area contributed by atoms with Crippen molar-refractivity contribution < 1.29 is 28.2 Å². The van der Waals surface area contributed by atoms with E-state index in [9.17, 15) is 23.5 Å². The number of benzene rings is 2. The predicted octanol–water partition coefficient (Wildman–Crippen LogP) is 2.67. The molecule has 6 nitrogen and oxygen atoms in total. The molecule has 8 heteroatoms. The van der Waals surface area contributed by atoms with E-state index in [1.54, 1.807) is 17.0 Å². The summed E-state index contributed by atoms with van der Waals surface area (Å²) in [6.45, 7) is 6.03. The van der Waals surface area contributed by atoms with Gasteiger partial charge in [0.25, 0.3) is 0 Å². The summed E-state index contributed by atoms with van der Waals surface area (Å²) in [4.78, 5) is 28.0. The number of aryl methyl sites for hydroxylation is 1. The number of carbonyl (C=O) groups is 2. The number of piperazine rings is 1. The van der Waals surface area contributed by atoms with Gasteiger partial charge in [0, 0.05) is 43.9 Å². The summed E-state index contributed by atoms with van der Waals surface area (Å²) in [7, 11) is 0. The Balaban J connectivity index is 1.33. The number of carbonyl (C=O) groups excluding carboxylic acids is 2. The summed E-state index contributed by atoms with van der Waals surface area (Å²) in [6.07, 6.45) is -0.913. The topological polar surface area (TPSA) is 70.1 Å². The fourth-order valence-electron chi connectivity index (χ4n) is 4.35. The number of ether oxygens (including phenoxy) is 1. The number of cyclic esters (lactones) is 1. The van der Waals surface area contributed by atoms with E-state index in [-0.39, 0.29) is 36.0 Å². The molecule has 2 aliphatic heterocycles. The van der Waals surface area contributed by atoms with Gasteiger partial charge >= 0.3 is 5.97 Å². The van der Waals surface area contributed by atoms with E-state index in [2.05, 4.69) is 4.90 Å². The number of aliphatic hydroxyl groups is 1. The SMILES string of the molecule is Cc1cc(F)c(CC(=O)N2CCN(CC(O)c3ccc4c(c3C)COC4=O)CC2)cc1F. The number of halogens is 2. The molecule has 1 amide bonds. The van der Waals surface area contributed by atoms with Gasteiger partial charge in [-0.1, -0.05) is 6.07 Å². The summed E-state index contributed by atoms with van der Waals surface area (Å²) >= 11 is 0. The van der Waals surface area contributed by atoms with Gasteiger partial charge in [-0.05, 0) is 48.7 Å². The second kappa shape index (κ2) is 8.96. The molecule has 0 aromatic heterocycles. The smallest absolute Gasteiger partial charge is 0.338 e. The van der Waals surface area contributed by atoms with Crippen LogP contribution >= 0.6 is 0 Å². The third-order valence-electron chi connectivity index (χ3n) is 6.39. The lowest BCUT2D eigenvalue weighted by Crippen LogP contribution is -2.50. The average molecular weight is 444 g/mol. The second-order valence-electron chi connectivity index (χ2n) is 8.45. The molecule has 0 bridgehead atoms. The molecular weight excluding hydrogens is 418 g/mol. The highest BCUT2D eigenvalue weighted by molar-refractivity contribution is 5.94. The monoisotopic (exact) mass is 444 g/mol. The summed E-state index contributed by atoms with van der Waals surface area (Å²) < 4.78 is 32.9. The Labute approximate surface area is 185 Å². The lowest BCUT2D eigenvalue weighted by Gasteiger charge is -2.36. The zero-order chi connectivity index (χ0) is 23.0. The number of hydrogen-bond donors (Lipinski definition) is 1. The van der Waals surface area contributed by atoms with Crippen molar-refractivity contribution in [1.29, 1.82) is 0 Å². The number of nitrogens with zero attached hydrogens (tertiary/aromatic N) is 2. The zero-order valence-corrected chi connectivity index (χ0v) is 18.2. The van der Waals surface area contributed by atoms with Crippen molar-refractivity contribution >= 4 is 11.9 Å². The van der Waals surface area contributed by atoms with E-state index in [0.717, 1.165) is 28.8 Å². The van der Waals surface area contributed by atoms with Crippen LogP contribution in [0.4, 0.5) is 8.78 Å². The minimum Gasteiger partial charge on any atom is -0.457 e. The Hall–Kier alpha value is -2.84. The molecule has 0 saturated carbocycles. The van der Waals surface area contributed by atoms with Crippen molar-refractivity contribution in [2.24, 2.45) is 0 Å². The molecule has 32 heavy (non-hydrogen) atoms. The van der Waals surface area contributed by atoms with Crippen LogP contribution in [0.25, 0.3) is 0 Å². The number of aliphatic hydroxyl groups excluding tert-OH is 1. The molecule has 2 aromatic rings. The molecule has 2 aromatic carbocycles. The van der Waals surface area contributed by atoms with E-state index in [1.807, 2.05) is 6.92 Å². The van der Waals surface area contributed by atoms with E-state index in [0.29, 0.717) is 38.3 Å². The third-order valence-corrected chi connectivity index (χ3v) is 6.39. The molecule has 1 unspecified atom stereocenters. The Morgan fingerprint density at radius 3 is 2.56 bits per heavy atom. The van der Waals surface area contributed by atoms with Crippen LogP contribution in [0.5, 0.6) is 0 Å². The first kappa shape index (κ1) is 22.4. The van der Waals surface area contributed by atoms with Crippen LogP contribution in [0.1, 0.15) is 44.3 Å². The lowest BCUT2D eigenvalue weighted by atomic mass is 9.95. The molecule has 170 valence electrons. The van der Waals surface area contributed by atoms with Gasteiger partial charge in [-0.15, -0.1) is 0 Å². The van der Waals surface area contributed by atoms with Gasteiger partial charge in [0.15, 0.2) is 0 Å². The summed E-state index contributed by atoms with van der Waals surface area (Å²) in [5, 5.41) is 10.8. The highest BCUT2D eigenvalue weighted by atomic mass is 19.1. The lowest BCUT2D eigenvalue weighted by molar-refractivity contribution is -0.132. The number of β-amino-alcohol motifs (C(OH)–C–C–N with tert-alkyl or cyclic N) is 1. The molecule has 2 aliphatic rings. The number of rotatable bonds is 5. The first-order valence-electron chi connectivity index (χ1n) is 10.7. The Kier molecular flexibility index (Phi) is 6.26. The van der Waals surface area contributed by atoms with Crippen LogP contribution in [-0.4, -0.2) is 59.5 Å². The quantitative estimate of drug-likeness (QED) is 0.719. The van der Waals surface area contributed by atoms with Crippen molar-refractivity contribution in [3.8, 4) is 0 Å². The van der Waals surface area contributed by atoms with Crippen LogP contribution in [0, 0.1) is 25.5 Å². The highest BCUT2D eigenvalue weighted by Crippen LogP contribution is 2.29. The minimum atomic E-state index is -0.733. The molecule has 0 radical (unpaired) electrons. The number of fused-ring (bicyclic) bond motifs is 1. The average Bonchev–Trinajstić information content (AvgIpc) is 3.14. The van der Waals surface area contributed by atoms with Crippen molar-refractivity contribution in [2.45, 2.75) is 33.0 Å². The van der Waals surface area contributed by atoms with E-state index >= 15 is 0 Å². The molecule has 1 saturated heterocycles. The van der Waals surface area contributed by atoms with Crippen LogP contribution in [0.2, 0.25) is 0 Å². The van der Waals surface area contributed by atoms with Gasteiger partial charge in [0.2, 0.25) is 5.91 Å². The Morgan fingerprint density at radius 1 is 1.12 bits per heavy atom. The van der Waals surface area contributed by atoms with E-state index < -0.39 is 17.7 Å². The van der Waals surface area contributed by atoms with Gasteiger partial charge in [-0.2, -0.15) is 0 Å². The standard InChI is InChI=1S/C24H26F2N2O4/c1-14-9-21(26)16(10-20(14)25)11-23(30)28-7-5-27(6-8-28)12-22(29)17-3-4-18-19(15(17)2)13-32-24(18)31/h3-4,9-10,22,29H,5-8,11-13H2,1-2H3. The normalized spacial score (nSPS) is 17.3. The molecule has 1 atom stereocenters. The van der Waals surface area contributed by atoms with Gasteiger partial charge < -0.3 is 14.7 Å². The van der Waals surface area contributed by atoms with Crippen molar-refractivity contribution in [1.82, 2.24) is 9.80 Å². The number of esters is 1. The third kappa shape index (κ3) is 4.38. The summed E-state index contributed by atoms with van der Waals surface area (Å²) in [5.74, 6) is -1.67. The molecule has 0 spiro atoms. The molecule has 0 aliphatic carbocycles. The van der Waals surface area contributed by atoms with Crippen LogP contribution < -0.4 is 0 Å². The zero-order valence-electron chi connectivity index (χ0n) is 18.2. The first-order chi connectivity index (χ1) is 15.2. The van der Waals surface area contributed by atoms with Gasteiger partial charge in [0.05, 0.1) is 18.1 Å². The van der Waals surface area contributed by atoms with Crippen LogP contribution in [0.15, 0.2) is 24.3 Å². The molecule has 2 heterocycles. The van der Waals surface area contributed by atoms with Crippen molar-refractivity contribution in [2.75, 3.05) is 32.7 Å². The van der Waals surface area contributed by atoms with Crippen LogP contribution in [0.3, 0.4) is 0 Å². The fourth-order valence-corrected chi connectivity index (χ4v) is 4.35. The van der Waals surface area contributed by atoms with E-state index in [1.165, 1.54) is 6.92 Å². The molecule has 1 fully saturated rings. The van der Waals surface area contributed by atoms with Crippen molar-refractivity contribution in [3.05, 3.63) is 69.3 Å². The summed E-state index contributed by atoms with van der Waals surface area (Å²) in [6, 6.07) is 5.66. The maximum absolute atomic E-state index is 14.1. The predicted molar refractivity (Wildman–Crippen MR) is 113 cm³/mol. The Morgan fingerprint density at radius 2 is 1.84 bits per heavy atom. The van der Waals surface area contributed by atoms with Gasteiger partial charge in [0.1, 0.15) is 18.2 Å². The number of amides is 1. The fraction of sp³-hybridized carbons (Fsp3) is 0.417. The maximum atomic E-state index is 14.1. The largest absolute Gasteiger partial charge is 0.457 e. The summed E-state index contributed by atoms with van der Waals surface area (Å²) in [5.41, 5.74) is 3.27. The first-order valence-corrected chi connectivity index (χ1v) is 10.7.